The van der Waals surface area contributed by atoms with E-state index in [-0.39, 0.29) is 11.5 Å². The van der Waals surface area contributed by atoms with E-state index in [4.69, 9.17) is 0 Å². The average Bonchev–Trinajstić information content (AvgIpc) is 2.43. The minimum absolute atomic E-state index is 0.199. The maximum absolute atomic E-state index is 12.3. The molecule has 5 heteroatoms. The Balaban J connectivity index is 2.66. The first-order chi connectivity index (χ1) is 9.17. The lowest BCUT2D eigenvalue weighted by Crippen LogP contribution is -2.35. The van der Waals surface area contributed by atoms with E-state index in [1.54, 1.807) is 13.1 Å². The maximum atomic E-state index is 12.3. The fraction of sp³-hybridized carbons (Fsp3) is 0.357. The van der Waals surface area contributed by atoms with Crippen LogP contribution in [-0.2, 0) is 11.2 Å². The molecule has 0 aromatic carbocycles. The van der Waals surface area contributed by atoms with Crippen LogP contribution in [0.2, 0.25) is 0 Å². The standard InChI is InChI=1S/C14H17N3O2/c1-3-6-11-9-10-7-5-8-15-13(10)17(14(11)19)16-12(18)4-2/h5,7-9H,3-4,6H2,1-2H3,(H,16,18). The summed E-state index contributed by atoms with van der Waals surface area (Å²) in [5.74, 6) is -0.206. The topological polar surface area (TPSA) is 64.0 Å². The fourth-order valence-electron chi connectivity index (χ4n) is 1.95. The summed E-state index contributed by atoms with van der Waals surface area (Å²) in [6, 6.07) is 5.55. The number of hydrogen-bond donors (Lipinski definition) is 1. The molecule has 0 fully saturated rings. The summed E-state index contributed by atoms with van der Waals surface area (Å²) in [4.78, 5) is 28.1. The smallest absolute Gasteiger partial charge is 0.273 e. The number of pyridine rings is 2. The molecule has 2 heterocycles. The van der Waals surface area contributed by atoms with Crippen LogP contribution in [0.15, 0.2) is 29.2 Å². The van der Waals surface area contributed by atoms with Crippen LogP contribution in [0.5, 0.6) is 0 Å². The molecule has 0 aliphatic heterocycles. The highest BCUT2D eigenvalue weighted by atomic mass is 16.2. The Kier molecular flexibility index (Phi) is 3.94. The first-order valence-corrected chi connectivity index (χ1v) is 6.46. The number of aromatic nitrogens is 2. The lowest BCUT2D eigenvalue weighted by molar-refractivity contribution is -0.116. The number of carbonyl (C=O) groups is 1. The second kappa shape index (κ2) is 5.65. The van der Waals surface area contributed by atoms with Crippen molar-refractivity contribution in [3.05, 3.63) is 40.3 Å². The van der Waals surface area contributed by atoms with E-state index in [9.17, 15) is 9.59 Å². The molecular formula is C14H17N3O2. The zero-order valence-corrected chi connectivity index (χ0v) is 11.1. The zero-order chi connectivity index (χ0) is 13.8. The molecule has 0 aliphatic rings. The van der Waals surface area contributed by atoms with Gasteiger partial charge in [0.15, 0.2) is 5.65 Å². The van der Waals surface area contributed by atoms with Gasteiger partial charge in [-0.05, 0) is 24.6 Å². The molecule has 0 radical (unpaired) electrons. The molecule has 0 unspecified atom stereocenters. The molecule has 0 aliphatic carbocycles. The highest BCUT2D eigenvalue weighted by molar-refractivity contribution is 5.85. The van der Waals surface area contributed by atoms with Crippen molar-refractivity contribution in [3.8, 4) is 0 Å². The Morgan fingerprint density at radius 2 is 2.21 bits per heavy atom. The molecule has 0 atom stereocenters. The molecule has 100 valence electrons. The van der Waals surface area contributed by atoms with Crippen LogP contribution in [0.25, 0.3) is 11.0 Å². The van der Waals surface area contributed by atoms with Crippen LogP contribution in [0.4, 0.5) is 0 Å². The highest BCUT2D eigenvalue weighted by Gasteiger charge is 2.11. The quantitative estimate of drug-likeness (QED) is 0.911. The van der Waals surface area contributed by atoms with Crippen LogP contribution in [0.1, 0.15) is 32.3 Å². The first kappa shape index (κ1) is 13.3. The van der Waals surface area contributed by atoms with Gasteiger partial charge < -0.3 is 0 Å². The molecule has 5 nitrogen and oxygen atoms in total. The van der Waals surface area contributed by atoms with E-state index < -0.39 is 0 Å². The van der Waals surface area contributed by atoms with Crippen LogP contribution in [0, 0.1) is 0 Å². The van der Waals surface area contributed by atoms with Crippen molar-refractivity contribution >= 4 is 16.9 Å². The normalized spacial score (nSPS) is 10.6. The van der Waals surface area contributed by atoms with E-state index in [1.807, 2.05) is 25.1 Å². The van der Waals surface area contributed by atoms with Gasteiger partial charge in [-0.3, -0.25) is 15.0 Å². The number of nitrogens with one attached hydrogen (secondary N) is 1. The van der Waals surface area contributed by atoms with Gasteiger partial charge in [-0.2, -0.15) is 4.68 Å². The summed E-state index contributed by atoms with van der Waals surface area (Å²) >= 11 is 0. The fourth-order valence-corrected chi connectivity index (χ4v) is 1.95. The summed E-state index contributed by atoms with van der Waals surface area (Å²) in [5.41, 5.74) is 3.58. The Morgan fingerprint density at radius 1 is 1.42 bits per heavy atom. The molecule has 2 aromatic heterocycles. The van der Waals surface area contributed by atoms with Gasteiger partial charge in [0.2, 0.25) is 5.91 Å². The largest absolute Gasteiger partial charge is 0.274 e. The highest BCUT2D eigenvalue weighted by Crippen LogP contribution is 2.10. The van der Waals surface area contributed by atoms with Gasteiger partial charge in [-0.15, -0.1) is 0 Å². The number of amides is 1. The van der Waals surface area contributed by atoms with Crippen LogP contribution in [0.3, 0.4) is 0 Å². The number of rotatable bonds is 4. The molecule has 1 amide bonds. The Bertz CT molecular complexity index is 661. The molecule has 0 saturated carbocycles. The van der Waals surface area contributed by atoms with Crippen molar-refractivity contribution in [1.29, 1.82) is 0 Å². The summed E-state index contributed by atoms with van der Waals surface area (Å²) in [6.45, 7) is 3.76. The SMILES string of the molecule is CCCc1cc2cccnc2n(NC(=O)CC)c1=O. The summed E-state index contributed by atoms with van der Waals surface area (Å²) < 4.78 is 1.26. The van der Waals surface area contributed by atoms with Crippen molar-refractivity contribution in [2.75, 3.05) is 5.43 Å². The van der Waals surface area contributed by atoms with Crippen LogP contribution >= 0.6 is 0 Å². The third-order valence-electron chi connectivity index (χ3n) is 2.91. The Labute approximate surface area is 111 Å². The minimum atomic E-state index is -0.206. The summed E-state index contributed by atoms with van der Waals surface area (Å²) in [7, 11) is 0. The van der Waals surface area contributed by atoms with Gasteiger partial charge >= 0.3 is 0 Å². The van der Waals surface area contributed by atoms with E-state index in [0.29, 0.717) is 24.1 Å². The number of fused-ring (bicyclic) bond motifs is 1. The van der Waals surface area contributed by atoms with Crippen molar-refractivity contribution in [3.63, 3.8) is 0 Å². The summed E-state index contributed by atoms with van der Waals surface area (Å²) in [6.07, 6.45) is 3.49. The van der Waals surface area contributed by atoms with Gasteiger partial charge in [-0.1, -0.05) is 20.3 Å². The minimum Gasteiger partial charge on any atom is -0.273 e. The van der Waals surface area contributed by atoms with E-state index in [1.165, 1.54) is 4.68 Å². The lowest BCUT2D eigenvalue weighted by Gasteiger charge is -2.12. The van der Waals surface area contributed by atoms with Gasteiger partial charge in [0.05, 0.1) is 0 Å². The lowest BCUT2D eigenvalue weighted by atomic mass is 10.1. The Morgan fingerprint density at radius 3 is 2.89 bits per heavy atom. The molecule has 0 spiro atoms. The molecule has 2 aromatic rings. The van der Waals surface area contributed by atoms with Gasteiger partial charge in [0.25, 0.3) is 5.56 Å². The van der Waals surface area contributed by atoms with Gasteiger partial charge in [0.1, 0.15) is 0 Å². The molecular weight excluding hydrogens is 242 g/mol. The zero-order valence-electron chi connectivity index (χ0n) is 11.1. The predicted octanol–water partition coefficient (Wildman–Crippen LogP) is 1.83. The van der Waals surface area contributed by atoms with E-state index in [2.05, 4.69) is 10.4 Å². The predicted molar refractivity (Wildman–Crippen MR) is 74.7 cm³/mol. The van der Waals surface area contributed by atoms with Crippen molar-refractivity contribution in [2.24, 2.45) is 0 Å². The van der Waals surface area contributed by atoms with E-state index in [0.717, 1.165) is 11.8 Å². The van der Waals surface area contributed by atoms with E-state index >= 15 is 0 Å². The van der Waals surface area contributed by atoms with Gasteiger partial charge in [-0.25, -0.2) is 4.98 Å². The number of hydrogen-bond acceptors (Lipinski definition) is 3. The second-order valence-electron chi connectivity index (χ2n) is 4.36. The van der Waals surface area contributed by atoms with Crippen molar-refractivity contribution in [2.45, 2.75) is 33.1 Å². The third-order valence-corrected chi connectivity index (χ3v) is 2.91. The first-order valence-electron chi connectivity index (χ1n) is 6.46. The molecule has 0 saturated heterocycles. The van der Waals surface area contributed by atoms with Crippen LogP contribution in [-0.4, -0.2) is 15.6 Å². The number of aryl methyl sites for hydroxylation is 1. The third kappa shape index (κ3) is 2.65. The monoisotopic (exact) mass is 259 g/mol. The molecule has 2 rings (SSSR count). The van der Waals surface area contributed by atoms with Crippen molar-refractivity contribution in [1.82, 2.24) is 9.66 Å². The van der Waals surface area contributed by atoms with Crippen LogP contribution < -0.4 is 11.0 Å². The molecule has 0 bridgehead atoms. The number of carbonyl (C=O) groups excluding carboxylic acids is 1. The second-order valence-corrected chi connectivity index (χ2v) is 4.36. The number of nitrogens with zero attached hydrogens (tertiary/aromatic N) is 2. The Hall–Kier alpha value is -2.17. The molecule has 19 heavy (non-hydrogen) atoms. The summed E-state index contributed by atoms with van der Waals surface area (Å²) in [5, 5.41) is 0.849. The average molecular weight is 259 g/mol. The molecule has 1 N–H and O–H groups in total. The van der Waals surface area contributed by atoms with Gasteiger partial charge in [0, 0.05) is 23.6 Å². The van der Waals surface area contributed by atoms with Crippen molar-refractivity contribution < 1.29 is 4.79 Å². The maximum Gasteiger partial charge on any atom is 0.274 e.